The maximum atomic E-state index is 11.8. The molecular weight excluding hydrogens is 216 g/mol. The standard InChI is InChI=1S/C13H18N2O2/c1-15(13(16)3-2-7-14)11-4-5-12-10(9-11)6-8-17-12/h4-5,9H,2-3,6-8,14H2,1H3. The zero-order valence-electron chi connectivity index (χ0n) is 10.1. The van der Waals surface area contributed by atoms with Crippen LogP contribution in [-0.4, -0.2) is 26.1 Å². The van der Waals surface area contributed by atoms with Crippen LogP contribution in [-0.2, 0) is 11.2 Å². The maximum Gasteiger partial charge on any atom is 0.226 e. The monoisotopic (exact) mass is 234 g/mol. The minimum atomic E-state index is 0.106. The Morgan fingerprint density at radius 2 is 2.35 bits per heavy atom. The summed E-state index contributed by atoms with van der Waals surface area (Å²) in [6.45, 7) is 1.29. The van der Waals surface area contributed by atoms with Crippen molar-refractivity contribution in [2.24, 2.45) is 5.73 Å². The Bertz CT molecular complexity index is 418. The number of hydrogen-bond donors (Lipinski definition) is 1. The van der Waals surface area contributed by atoms with Crippen LogP contribution in [0, 0.1) is 0 Å². The Morgan fingerprint density at radius 1 is 1.53 bits per heavy atom. The van der Waals surface area contributed by atoms with Crippen LogP contribution in [0.1, 0.15) is 18.4 Å². The number of nitrogens with two attached hydrogens (primary N) is 1. The van der Waals surface area contributed by atoms with Gasteiger partial charge in [0.2, 0.25) is 5.91 Å². The maximum absolute atomic E-state index is 11.8. The number of hydrogen-bond acceptors (Lipinski definition) is 3. The van der Waals surface area contributed by atoms with Crippen LogP contribution >= 0.6 is 0 Å². The average Bonchev–Trinajstić information content (AvgIpc) is 2.81. The van der Waals surface area contributed by atoms with Gasteiger partial charge in [-0.25, -0.2) is 0 Å². The van der Waals surface area contributed by atoms with Gasteiger partial charge in [0, 0.05) is 25.6 Å². The van der Waals surface area contributed by atoms with Gasteiger partial charge < -0.3 is 15.4 Å². The number of carbonyl (C=O) groups is 1. The van der Waals surface area contributed by atoms with Gasteiger partial charge in [0.15, 0.2) is 0 Å². The minimum Gasteiger partial charge on any atom is -0.493 e. The molecule has 17 heavy (non-hydrogen) atoms. The van der Waals surface area contributed by atoms with E-state index in [0.717, 1.165) is 30.9 Å². The third kappa shape index (κ3) is 2.58. The van der Waals surface area contributed by atoms with E-state index >= 15 is 0 Å². The second kappa shape index (κ2) is 5.19. The number of nitrogens with zero attached hydrogens (tertiary/aromatic N) is 1. The molecule has 0 saturated heterocycles. The highest BCUT2D eigenvalue weighted by Gasteiger charge is 2.16. The number of amides is 1. The number of rotatable bonds is 4. The highest BCUT2D eigenvalue weighted by atomic mass is 16.5. The molecular formula is C13H18N2O2. The topological polar surface area (TPSA) is 55.6 Å². The van der Waals surface area contributed by atoms with Gasteiger partial charge in [-0.3, -0.25) is 4.79 Å². The van der Waals surface area contributed by atoms with Gasteiger partial charge in [0.1, 0.15) is 5.75 Å². The van der Waals surface area contributed by atoms with Crippen LogP contribution in [0.15, 0.2) is 18.2 Å². The molecule has 2 rings (SSSR count). The Hall–Kier alpha value is -1.55. The molecule has 0 radical (unpaired) electrons. The first-order valence-corrected chi connectivity index (χ1v) is 5.94. The Morgan fingerprint density at radius 3 is 3.12 bits per heavy atom. The number of benzene rings is 1. The first-order chi connectivity index (χ1) is 8.22. The van der Waals surface area contributed by atoms with E-state index in [1.807, 2.05) is 18.2 Å². The molecule has 0 aromatic heterocycles. The first-order valence-electron chi connectivity index (χ1n) is 5.94. The van der Waals surface area contributed by atoms with E-state index in [2.05, 4.69) is 0 Å². The highest BCUT2D eigenvalue weighted by molar-refractivity contribution is 5.93. The van der Waals surface area contributed by atoms with E-state index in [9.17, 15) is 4.79 Å². The molecule has 4 nitrogen and oxygen atoms in total. The Kier molecular flexibility index (Phi) is 3.64. The van der Waals surface area contributed by atoms with Gasteiger partial charge in [0.05, 0.1) is 6.61 Å². The Balaban J connectivity index is 2.09. The molecule has 1 aliphatic heterocycles. The Labute approximate surface area is 101 Å². The molecule has 1 aliphatic rings. The molecule has 0 fully saturated rings. The molecule has 0 saturated carbocycles. The third-order valence-electron chi connectivity index (χ3n) is 3.03. The fourth-order valence-electron chi connectivity index (χ4n) is 1.95. The second-order valence-corrected chi connectivity index (χ2v) is 4.24. The van der Waals surface area contributed by atoms with Gasteiger partial charge in [-0.2, -0.15) is 0 Å². The van der Waals surface area contributed by atoms with Gasteiger partial charge in [-0.15, -0.1) is 0 Å². The van der Waals surface area contributed by atoms with Crippen molar-refractivity contribution < 1.29 is 9.53 Å². The molecule has 0 unspecified atom stereocenters. The molecule has 4 heteroatoms. The lowest BCUT2D eigenvalue weighted by atomic mass is 10.1. The average molecular weight is 234 g/mol. The normalized spacial score (nSPS) is 13.1. The van der Waals surface area contributed by atoms with E-state index < -0.39 is 0 Å². The SMILES string of the molecule is CN(C(=O)CCCN)c1ccc2c(c1)CCO2. The van der Waals surface area contributed by atoms with Crippen molar-refractivity contribution in [1.82, 2.24) is 0 Å². The van der Waals surface area contributed by atoms with Crippen LogP contribution in [0.25, 0.3) is 0 Å². The van der Waals surface area contributed by atoms with E-state index in [1.165, 1.54) is 5.56 Å². The van der Waals surface area contributed by atoms with Crippen LogP contribution in [0.4, 0.5) is 5.69 Å². The summed E-state index contributed by atoms with van der Waals surface area (Å²) in [6.07, 6.45) is 2.16. The molecule has 92 valence electrons. The second-order valence-electron chi connectivity index (χ2n) is 4.24. The lowest BCUT2D eigenvalue weighted by Crippen LogP contribution is -2.26. The first kappa shape index (κ1) is 11.9. The highest BCUT2D eigenvalue weighted by Crippen LogP contribution is 2.29. The molecule has 2 N–H and O–H groups in total. The zero-order chi connectivity index (χ0) is 12.3. The van der Waals surface area contributed by atoms with Crippen molar-refractivity contribution in [3.63, 3.8) is 0 Å². The van der Waals surface area contributed by atoms with Gasteiger partial charge in [-0.05, 0) is 36.7 Å². The summed E-state index contributed by atoms with van der Waals surface area (Å²) in [7, 11) is 1.80. The smallest absolute Gasteiger partial charge is 0.226 e. The molecule has 0 atom stereocenters. The summed E-state index contributed by atoms with van der Waals surface area (Å²) in [5.41, 5.74) is 7.51. The van der Waals surface area contributed by atoms with Crippen LogP contribution in [0.5, 0.6) is 5.75 Å². The molecule has 1 heterocycles. The van der Waals surface area contributed by atoms with Crippen molar-refractivity contribution in [1.29, 1.82) is 0 Å². The van der Waals surface area contributed by atoms with Gasteiger partial charge >= 0.3 is 0 Å². The molecule has 1 aromatic rings. The quantitative estimate of drug-likeness (QED) is 0.855. The number of anilines is 1. The zero-order valence-corrected chi connectivity index (χ0v) is 10.1. The lowest BCUT2D eigenvalue weighted by Gasteiger charge is -2.17. The van der Waals surface area contributed by atoms with E-state index in [4.69, 9.17) is 10.5 Å². The van der Waals surface area contributed by atoms with E-state index in [0.29, 0.717) is 13.0 Å². The van der Waals surface area contributed by atoms with Crippen molar-refractivity contribution in [3.05, 3.63) is 23.8 Å². The van der Waals surface area contributed by atoms with Crippen molar-refractivity contribution >= 4 is 11.6 Å². The fourth-order valence-corrected chi connectivity index (χ4v) is 1.95. The lowest BCUT2D eigenvalue weighted by molar-refractivity contribution is -0.118. The fraction of sp³-hybridized carbons (Fsp3) is 0.462. The van der Waals surface area contributed by atoms with Gasteiger partial charge in [-0.1, -0.05) is 0 Å². The molecule has 0 bridgehead atoms. The van der Waals surface area contributed by atoms with Gasteiger partial charge in [0.25, 0.3) is 0 Å². The summed E-state index contributed by atoms with van der Waals surface area (Å²) in [4.78, 5) is 13.5. The minimum absolute atomic E-state index is 0.106. The summed E-state index contributed by atoms with van der Waals surface area (Å²) in [6, 6.07) is 5.89. The van der Waals surface area contributed by atoms with Crippen molar-refractivity contribution in [3.8, 4) is 5.75 Å². The van der Waals surface area contributed by atoms with Crippen molar-refractivity contribution in [2.45, 2.75) is 19.3 Å². The molecule has 0 spiro atoms. The van der Waals surface area contributed by atoms with Crippen LogP contribution in [0.2, 0.25) is 0 Å². The molecule has 1 amide bonds. The van der Waals surface area contributed by atoms with Crippen molar-refractivity contribution in [2.75, 3.05) is 25.1 Å². The predicted molar refractivity (Wildman–Crippen MR) is 67.3 cm³/mol. The summed E-state index contributed by atoms with van der Waals surface area (Å²) < 4.78 is 5.44. The number of carbonyl (C=O) groups excluding carboxylic acids is 1. The number of ether oxygens (including phenoxy) is 1. The summed E-state index contributed by atoms with van der Waals surface area (Å²) in [5, 5.41) is 0. The molecule has 0 aliphatic carbocycles. The summed E-state index contributed by atoms with van der Waals surface area (Å²) >= 11 is 0. The van der Waals surface area contributed by atoms with E-state index in [-0.39, 0.29) is 5.91 Å². The largest absolute Gasteiger partial charge is 0.493 e. The predicted octanol–water partition coefficient (Wildman–Crippen LogP) is 1.32. The van der Waals surface area contributed by atoms with Crippen LogP contribution < -0.4 is 15.4 Å². The van der Waals surface area contributed by atoms with E-state index in [1.54, 1.807) is 11.9 Å². The van der Waals surface area contributed by atoms with Crippen LogP contribution in [0.3, 0.4) is 0 Å². The summed E-state index contributed by atoms with van der Waals surface area (Å²) in [5.74, 6) is 1.05. The number of fused-ring (bicyclic) bond motifs is 1. The molecule has 1 aromatic carbocycles. The third-order valence-corrected chi connectivity index (χ3v) is 3.03.